The molecule has 0 atom stereocenters. The summed E-state index contributed by atoms with van der Waals surface area (Å²) in [4.78, 5) is 19.6. The lowest BCUT2D eigenvalue weighted by molar-refractivity contribution is 0.0929. The topological polar surface area (TPSA) is 89.8 Å². The molecule has 1 fully saturated rings. The van der Waals surface area contributed by atoms with E-state index in [2.05, 4.69) is 15.6 Å². The van der Waals surface area contributed by atoms with Crippen LogP contribution in [0.4, 0.5) is 8.78 Å². The molecule has 0 spiro atoms. The van der Waals surface area contributed by atoms with Gasteiger partial charge < -0.3 is 15.0 Å². The Labute approximate surface area is 220 Å². The van der Waals surface area contributed by atoms with Crippen LogP contribution in [-0.4, -0.2) is 43.5 Å². The molecule has 0 bridgehead atoms. The monoisotopic (exact) mass is 517 g/mol. The molecular formula is C29H29F2N5O2. The van der Waals surface area contributed by atoms with Crippen LogP contribution in [0.3, 0.4) is 0 Å². The number of hydrogen-bond donors (Lipinski definition) is 2. The van der Waals surface area contributed by atoms with Gasteiger partial charge in [0.1, 0.15) is 17.4 Å². The third-order valence-electron chi connectivity index (χ3n) is 6.89. The van der Waals surface area contributed by atoms with E-state index in [0.29, 0.717) is 49.7 Å². The van der Waals surface area contributed by atoms with Gasteiger partial charge in [-0.25, -0.2) is 13.8 Å². The Hall–Kier alpha value is -4.45. The molecule has 1 heterocycles. The van der Waals surface area contributed by atoms with Crippen molar-refractivity contribution >= 4 is 11.9 Å². The number of halogens is 2. The Morgan fingerprint density at radius 2 is 1.79 bits per heavy atom. The number of piperidine rings is 1. The lowest BCUT2D eigenvalue weighted by Gasteiger charge is -2.43. The fourth-order valence-electron chi connectivity index (χ4n) is 4.73. The molecule has 0 unspecified atom stereocenters. The molecule has 1 aliphatic rings. The quantitative estimate of drug-likeness (QED) is 0.210. The van der Waals surface area contributed by atoms with Crippen LogP contribution in [0.1, 0.15) is 34.3 Å². The van der Waals surface area contributed by atoms with Crippen LogP contribution in [0.25, 0.3) is 0 Å². The molecule has 196 valence electrons. The third kappa shape index (κ3) is 6.27. The molecule has 9 heteroatoms. The van der Waals surface area contributed by atoms with E-state index in [1.165, 1.54) is 31.4 Å². The zero-order valence-corrected chi connectivity index (χ0v) is 21.1. The zero-order chi connectivity index (χ0) is 27.0. The van der Waals surface area contributed by atoms with E-state index < -0.39 is 5.41 Å². The van der Waals surface area contributed by atoms with E-state index >= 15 is 0 Å². The molecule has 4 rings (SSSR count). The minimum Gasteiger partial charge on any atom is -0.496 e. The van der Waals surface area contributed by atoms with Crippen LogP contribution < -0.4 is 15.4 Å². The summed E-state index contributed by atoms with van der Waals surface area (Å²) in [5.41, 5.74) is 1.52. The molecular weight excluding hydrogens is 488 g/mol. The molecule has 0 radical (unpaired) electrons. The minimum absolute atomic E-state index is 0.270. The number of ether oxygens (including phenoxy) is 1. The van der Waals surface area contributed by atoms with Crippen LogP contribution in [0.15, 0.2) is 77.8 Å². The van der Waals surface area contributed by atoms with Crippen molar-refractivity contribution in [3.8, 4) is 11.9 Å². The number of amides is 1. The van der Waals surface area contributed by atoms with Gasteiger partial charge in [0.15, 0.2) is 6.19 Å². The van der Waals surface area contributed by atoms with Gasteiger partial charge in [0.05, 0.1) is 19.2 Å². The fraction of sp³-hybridized carbons (Fsp3) is 0.276. The Morgan fingerprint density at radius 1 is 1.05 bits per heavy atom. The summed E-state index contributed by atoms with van der Waals surface area (Å²) in [6.45, 7) is 1.63. The van der Waals surface area contributed by atoms with Crippen LogP contribution in [0.2, 0.25) is 0 Å². The Kier molecular flexibility index (Phi) is 8.54. The van der Waals surface area contributed by atoms with Gasteiger partial charge in [-0.15, -0.1) is 0 Å². The standard InChI is InChI=1S/C29H29F2N5O2/c1-38-26-8-3-2-7-25(26)27(37)34-19-29(22-5-4-6-24(31)17-22)13-15-36(16-14-29)28(35-20-32)33-18-21-9-11-23(30)12-10-21/h2-12,17H,13-16,18-19H2,1H3,(H,33,35)(H,34,37). The van der Waals surface area contributed by atoms with Gasteiger partial charge >= 0.3 is 0 Å². The van der Waals surface area contributed by atoms with Crippen molar-refractivity contribution in [1.82, 2.24) is 15.5 Å². The number of rotatable bonds is 7. The second kappa shape index (κ2) is 12.2. The van der Waals surface area contributed by atoms with Crippen LogP contribution in [0.5, 0.6) is 5.75 Å². The summed E-state index contributed by atoms with van der Waals surface area (Å²) in [6.07, 6.45) is 3.12. The van der Waals surface area contributed by atoms with Crippen LogP contribution >= 0.6 is 0 Å². The molecule has 0 saturated carbocycles. The first-order valence-electron chi connectivity index (χ1n) is 12.3. The maximum Gasteiger partial charge on any atom is 0.255 e. The number of guanidine groups is 1. The number of aliphatic imine (C=N–C) groups is 1. The number of carbonyl (C=O) groups is 1. The lowest BCUT2D eigenvalue weighted by Crippen LogP contribution is -2.52. The number of hydrogen-bond acceptors (Lipinski definition) is 4. The third-order valence-corrected chi connectivity index (χ3v) is 6.89. The van der Waals surface area contributed by atoms with Crippen molar-refractivity contribution in [2.24, 2.45) is 4.99 Å². The van der Waals surface area contributed by atoms with Gasteiger partial charge in [-0.2, -0.15) is 5.26 Å². The Bertz CT molecular complexity index is 1330. The predicted molar refractivity (Wildman–Crippen MR) is 140 cm³/mol. The second-order valence-electron chi connectivity index (χ2n) is 9.16. The summed E-state index contributed by atoms with van der Waals surface area (Å²) in [5, 5.41) is 15.0. The van der Waals surface area contributed by atoms with E-state index in [0.717, 1.165) is 11.1 Å². The number of nitrogens with one attached hydrogen (secondary N) is 2. The number of carbonyl (C=O) groups excluding carboxylic acids is 1. The number of benzene rings is 3. The zero-order valence-electron chi connectivity index (χ0n) is 21.1. The lowest BCUT2D eigenvalue weighted by atomic mass is 9.72. The fourth-order valence-corrected chi connectivity index (χ4v) is 4.73. The van der Waals surface area contributed by atoms with Gasteiger partial charge in [0.2, 0.25) is 5.96 Å². The number of para-hydroxylation sites is 1. The van der Waals surface area contributed by atoms with Crippen molar-refractivity contribution in [2.45, 2.75) is 24.8 Å². The van der Waals surface area contributed by atoms with Gasteiger partial charge in [0.25, 0.3) is 5.91 Å². The van der Waals surface area contributed by atoms with E-state index in [9.17, 15) is 18.8 Å². The largest absolute Gasteiger partial charge is 0.496 e. The smallest absolute Gasteiger partial charge is 0.255 e. The predicted octanol–water partition coefficient (Wildman–Crippen LogP) is 4.36. The van der Waals surface area contributed by atoms with Crippen molar-refractivity contribution in [1.29, 1.82) is 5.26 Å². The van der Waals surface area contributed by atoms with E-state index in [1.807, 2.05) is 17.2 Å². The molecule has 38 heavy (non-hydrogen) atoms. The Morgan fingerprint density at radius 3 is 2.47 bits per heavy atom. The summed E-state index contributed by atoms with van der Waals surface area (Å²) >= 11 is 0. The average molecular weight is 518 g/mol. The molecule has 3 aromatic rings. The highest BCUT2D eigenvalue weighted by Crippen LogP contribution is 2.36. The second-order valence-corrected chi connectivity index (χ2v) is 9.16. The van der Waals surface area contributed by atoms with Crippen molar-refractivity contribution < 1.29 is 18.3 Å². The molecule has 3 aromatic carbocycles. The number of nitriles is 1. The summed E-state index contributed by atoms with van der Waals surface area (Å²) in [5.74, 6) is -0.0380. The molecule has 2 N–H and O–H groups in total. The van der Waals surface area contributed by atoms with Crippen molar-refractivity contribution in [2.75, 3.05) is 26.7 Å². The van der Waals surface area contributed by atoms with Gasteiger partial charge in [-0.05, 0) is 60.4 Å². The first kappa shape index (κ1) is 26.6. The first-order valence-corrected chi connectivity index (χ1v) is 12.3. The maximum absolute atomic E-state index is 14.2. The average Bonchev–Trinajstić information content (AvgIpc) is 2.95. The number of likely N-dealkylation sites (tertiary alicyclic amines) is 1. The molecule has 1 aliphatic heterocycles. The maximum atomic E-state index is 14.2. The molecule has 0 aromatic heterocycles. The first-order chi connectivity index (χ1) is 18.4. The SMILES string of the molecule is COc1ccccc1C(=O)NCC1(c2cccc(F)c2)CCN(C(=NCc2ccc(F)cc2)NC#N)CC1. The van der Waals surface area contributed by atoms with Crippen LogP contribution in [-0.2, 0) is 12.0 Å². The Balaban J connectivity index is 1.52. The normalized spacial score (nSPS) is 14.9. The van der Waals surface area contributed by atoms with Gasteiger partial charge in [0, 0.05) is 25.0 Å². The van der Waals surface area contributed by atoms with Crippen molar-refractivity contribution in [3.63, 3.8) is 0 Å². The minimum atomic E-state index is -0.523. The van der Waals surface area contributed by atoms with Gasteiger partial charge in [-0.1, -0.05) is 36.4 Å². The molecule has 0 aliphatic carbocycles. The summed E-state index contributed by atoms with van der Waals surface area (Å²) in [7, 11) is 1.51. The summed E-state index contributed by atoms with van der Waals surface area (Å²) in [6, 6.07) is 19.5. The highest BCUT2D eigenvalue weighted by molar-refractivity contribution is 5.97. The van der Waals surface area contributed by atoms with E-state index in [1.54, 1.807) is 42.5 Å². The molecule has 1 saturated heterocycles. The highest BCUT2D eigenvalue weighted by Gasteiger charge is 2.38. The van der Waals surface area contributed by atoms with Gasteiger partial charge in [-0.3, -0.25) is 10.1 Å². The molecule has 7 nitrogen and oxygen atoms in total. The number of nitrogens with zero attached hydrogens (tertiary/aromatic N) is 3. The van der Waals surface area contributed by atoms with Crippen molar-refractivity contribution in [3.05, 3.63) is 101 Å². The van der Waals surface area contributed by atoms with E-state index in [4.69, 9.17) is 4.74 Å². The van der Waals surface area contributed by atoms with E-state index in [-0.39, 0.29) is 24.1 Å². The molecule has 1 amide bonds. The summed E-state index contributed by atoms with van der Waals surface area (Å²) < 4.78 is 32.8. The highest BCUT2D eigenvalue weighted by atomic mass is 19.1. The van der Waals surface area contributed by atoms with Crippen LogP contribution in [0, 0.1) is 23.1 Å². The number of methoxy groups -OCH3 is 1.